The Bertz CT molecular complexity index is 1580. The van der Waals surface area contributed by atoms with E-state index in [0.717, 1.165) is 109 Å². The van der Waals surface area contributed by atoms with E-state index in [4.69, 9.17) is 18.9 Å². The fourth-order valence-electron chi connectivity index (χ4n) is 6.86. The lowest BCUT2D eigenvalue weighted by molar-refractivity contribution is -0.301. The summed E-state index contributed by atoms with van der Waals surface area (Å²) in [6.07, 6.45) is 52.6. The number of hydrogen-bond acceptors (Lipinski definition) is 11. The smallest absolute Gasteiger partial charge is 0.397 e. The SMILES string of the molecule is CC/C=C\C/C=C\C/C=C\C/C=C\C/C=C\C/C=C\C/C=C\CCCCOCC(COC1OC(CO)C(O)C(OS(=O)(=O)O)C1O)OC(=O)CCCCCCC/C=C\C/C=C\CCCCCC. The summed E-state index contributed by atoms with van der Waals surface area (Å²) < 4.78 is 59.1. The Labute approximate surface area is 405 Å². The van der Waals surface area contributed by atoms with E-state index in [1.165, 1.54) is 25.7 Å². The number of carbonyl (C=O) groups excluding carboxylic acids is 1. The topological polar surface area (TPSA) is 178 Å². The monoisotopic (exact) mass is 961 g/mol. The van der Waals surface area contributed by atoms with Gasteiger partial charge >= 0.3 is 16.4 Å². The minimum atomic E-state index is -5.08. The van der Waals surface area contributed by atoms with E-state index < -0.39 is 59.8 Å². The number of allylic oxidation sites excluding steroid dienone is 18. The van der Waals surface area contributed by atoms with Gasteiger partial charge in [0.2, 0.25) is 0 Å². The van der Waals surface area contributed by atoms with Gasteiger partial charge in [-0.3, -0.25) is 9.35 Å². The van der Waals surface area contributed by atoms with Crippen LogP contribution in [-0.4, -0.2) is 97.5 Å². The maximum atomic E-state index is 12.9. The second kappa shape index (κ2) is 44.0. The van der Waals surface area contributed by atoms with Crippen LogP contribution < -0.4 is 0 Å². The summed E-state index contributed by atoms with van der Waals surface area (Å²) in [6.45, 7) is 3.71. The van der Waals surface area contributed by atoms with Crippen molar-refractivity contribution in [1.82, 2.24) is 0 Å². The number of rotatable bonds is 42. The molecule has 12 nitrogen and oxygen atoms in total. The molecule has 0 bridgehead atoms. The number of esters is 1. The zero-order valence-electron chi connectivity index (χ0n) is 40.9. The van der Waals surface area contributed by atoms with Crippen molar-refractivity contribution in [3.8, 4) is 0 Å². The van der Waals surface area contributed by atoms with Crippen molar-refractivity contribution in [1.29, 1.82) is 0 Å². The van der Waals surface area contributed by atoms with E-state index in [-0.39, 0.29) is 19.6 Å². The summed E-state index contributed by atoms with van der Waals surface area (Å²) in [7, 11) is -5.08. The average molecular weight is 961 g/mol. The normalized spacial score (nSPS) is 20.4. The van der Waals surface area contributed by atoms with Gasteiger partial charge in [-0.05, 0) is 103 Å². The van der Waals surface area contributed by atoms with Crippen molar-refractivity contribution in [2.24, 2.45) is 0 Å². The van der Waals surface area contributed by atoms with Crippen molar-refractivity contribution < 1.29 is 56.2 Å². The van der Waals surface area contributed by atoms with Crippen LogP contribution in [0.3, 0.4) is 0 Å². The van der Waals surface area contributed by atoms with Gasteiger partial charge in [-0.2, -0.15) is 8.42 Å². The van der Waals surface area contributed by atoms with Crippen LogP contribution in [0, 0.1) is 0 Å². The Kier molecular flexibility index (Phi) is 40.6. The quantitative estimate of drug-likeness (QED) is 0.0197. The lowest BCUT2D eigenvalue weighted by atomic mass is 9.99. The number of aliphatic hydroxyl groups excluding tert-OH is 3. The summed E-state index contributed by atoms with van der Waals surface area (Å²) in [6, 6.07) is 0. The highest BCUT2D eigenvalue weighted by Gasteiger charge is 2.48. The molecule has 1 saturated heterocycles. The molecule has 0 radical (unpaired) electrons. The van der Waals surface area contributed by atoms with Gasteiger partial charge in [0, 0.05) is 13.0 Å². The standard InChI is InChI=1S/C54H88O12S/c1-3-5-7-9-11-13-15-17-19-21-22-23-24-25-26-27-28-30-32-34-36-38-40-42-44-62-46-48(47-63-54-52(58)53(66-67(59,60)61)51(57)49(45-55)65-54)64-50(56)43-41-39-37-35-33-31-29-20-18-16-14-12-10-8-6-4-2/h5,7,11,13-14,16-17,19-20,22-23,25-26,28-30,34,36,48-49,51-55,57-58H,3-4,6,8-10,12,15,18,21,24,27,31-33,35,37-47H2,1-2H3,(H,59,60,61)/b7-5-,13-11-,16-14-,19-17-,23-22-,26-25-,29-20-,30-28-,36-34-. The van der Waals surface area contributed by atoms with E-state index in [1.807, 2.05) is 0 Å². The molecule has 0 amide bonds. The summed E-state index contributed by atoms with van der Waals surface area (Å²) in [4.78, 5) is 12.9. The van der Waals surface area contributed by atoms with Crippen molar-refractivity contribution >= 4 is 16.4 Å². The highest BCUT2D eigenvalue weighted by molar-refractivity contribution is 7.80. The first-order chi connectivity index (χ1) is 32.6. The van der Waals surface area contributed by atoms with Gasteiger partial charge in [-0.25, -0.2) is 4.18 Å². The lowest BCUT2D eigenvalue weighted by Gasteiger charge is -2.41. The van der Waals surface area contributed by atoms with Crippen molar-refractivity contribution in [3.05, 3.63) is 109 Å². The third-order valence-electron chi connectivity index (χ3n) is 10.6. The van der Waals surface area contributed by atoms with Gasteiger partial charge in [0.15, 0.2) is 6.29 Å². The highest BCUT2D eigenvalue weighted by Crippen LogP contribution is 2.26. The molecular formula is C54H88O12S. The van der Waals surface area contributed by atoms with Crippen LogP contribution in [0.1, 0.15) is 162 Å². The number of ether oxygens (including phenoxy) is 4. The van der Waals surface area contributed by atoms with Crippen molar-refractivity contribution in [3.63, 3.8) is 0 Å². The van der Waals surface area contributed by atoms with Gasteiger partial charge in [0.1, 0.15) is 30.5 Å². The molecule has 0 aromatic carbocycles. The molecule has 1 fully saturated rings. The van der Waals surface area contributed by atoms with E-state index >= 15 is 0 Å². The Morgan fingerprint density at radius 1 is 0.582 bits per heavy atom. The first-order valence-electron chi connectivity index (χ1n) is 25.1. The van der Waals surface area contributed by atoms with Crippen LogP contribution in [0.15, 0.2) is 109 Å². The number of unbranched alkanes of at least 4 members (excludes halogenated alkanes) is 11. The fourth-order valence-corrected chi connectivity index (χ4v) is 7.37. The minimum Gasteiger partial charge on any atom is -0.457 e. The molecular weight excluding hydrogens is 873 g/mol. The molecule has 1 aliphatic rings. The predicted octanol–water partition coefficient (Wildman–Crippen LogP) is 11.6. The molecule has 0 spiro atoms. The molecule has 67 heavy (non-hydrogen) atoms. The van der Waals surface area contributed by atoms with Crippen LogP contribution in [0.5, 0.6) is 0 Å². The molecule has 6 unspecified atom stereocenters. The van der Waals surface area contributed by atoms with Crippen molar-refractivity contribution in [2.75, 3.05) is 26.4 Å². The van der Waals surface area contributed by atoms with Gasteiger partial charge in [-0.15, -0.1) is 0 Å². The van der Waals surface area contributed by atoms with Gasteiger partial charge in [0.25, 0.3) is 0 Å². The number of aliphatic hydroxyl groups is 3. The first kappa shape index (κ1) is 61.8. The molecule has 0 aromatic heterocycles. The van der Waals surface area contributed by atoms with E-state index in [2.05, 4.69) is 127 Å². The van der Waals surface area contributed by atoms with E-state index in [0.29, 0.717) is 13.0 Å². The molecule has 1 rings (SSSR count). The average Bonchev–Trinajstić information content (AvgIpc) is 3.30. The van der Waals surface area contributed by atoms with Crippen LogP contribution in [0.2, 0.25) is 0 Å². The molecule has 1 heterocycles. The second-order valence-electron chi connectivity index (χ2n) is 16.7. The molecule has 4 N–H and O–H groups in total. The summed E-state index contributed by atoms with van der Waals surface area (Å²) in [5, 5.41) is 30.7. The zero-order chi connectivity index (χ0) is 48.9. The van der Waals surface area contributed by atoms with Gasteiger partial charge < -0.3 is 34.3 Å². The van der Waals surface area contributed by atoms with Crippen LogP contribution >= 0.6 is 0 Å². The lowest BCUT2D eigenvalue weighted by Crippen LogP contribution is -2.60. The predicted molar refractivity (Wildman–Crippen MR) is 271 cm³/mol. The zero-order valence-corrected chi connectivity index (χ0v) is 41.7. The second-order valence-corrected chi connectivity index (χ2v) is 17.7. The maximum absolute atomic E-state index is 12.9. The third-order valence-corrected chi connectivity index (χ3v) is 11.1. The molecule has 0 aliphatic carbocycles. The Balaban J connectivity index is 2.43. The summed E-state index contributed by atoms with van der Waals surface area (Å²) in [5.74, 6) is -0.433. The van der Waals surface area contributed by atoms with Crippen molar-refractivity contribution in [2.45, 2.75) is 198 Å². The number of carbonyl (C=O) groups is 1. The van der Waals surface area contributed by atoms with E-state index in [9.17, 15) is 33.1 Å². The molecule has 6 atom stereocenters. The molecule has 382 valence electrons. The Morgan fingerprint density at radius 3 is 1.51 bits per heavy atom. The fraction of sp³-hybridized carbons (Fsp3) is 0.648. The summed E-state index contributed by atoms with van der Waals surface area (Å²) in [5.41, 5.74) is 0. The largest absolute Gasteiger partial charge is 0.457 e. The van der Waals surface area contributed by atoms with Crippen LogP contribution in [0.25, 0.3) is 0 Å². The van der Waals surface area contributed by atoms with E-state index in [1.54, 1.807) is 0 Å². The van der Waals surface area contributed by atoms with Crippen LogP contribution in [0.4, 0.5) is 0 Å². The molecule has 0 saturated carbocycles. The molecule has 13 heteroatoms. The molecule has 0 aromatic rings. The van der Waals surface area contributed by atoms with Crippen LogP contribution in [-0.2, 0) is 38.3 Å². The highest BCUT2D eigenvalue weighted by atomic mass is 32.3. The maximum Gasteiger partial charge on any atom is 0.397 e. The minimum absolute atomic E-state index is 0.00759. The Hall–Kier alpha value is -3.24. The van der Waals surface area contributed by atoms with Gasteiger partial charge in [0.05, 0.1) is 19.8 Å². The first-order valence-corrected chi connectivity index (χ1v) is 26.5. The Morgan fingerprint density at radius 2 is 1.03 bits per heavy atom. The third kappa shape index (κ3) is 37.4. The summed E-state index contributed by atoms with van der Waals surface area (Å²) >= 11 is 0. The number of hydrogen-bond donors (Lipinski definition) is 4. The van der Waals surface area contributed by atoms with Gasteiger partial charge in [-0.1, -0.05) is 162 Å². The molecule has 1 aliphatic heterocycles.